The maximum Gasteiger partial charge on any atom is 0.338 e. The van der Waals surface area contributed by atoms with Crippen molar-refractivity contribution in [2.75, 3.05) is 6.61 Å². The first kappa shape index (κ1) is 30.7. The molecule has 0 amide bonds. The molecule has 9 nitrogen and oxygen atoms in total. The van der Waals surface area contributed by atoms with Gasteiger partial charge in [-0.1, -0.05) is 58.4 Å². The van der Waals surface area contributed by atoms with Crippen LogP contribution in [-0.2, 0) is 28.5 Å². The van der Waals surface area contributed by atoms with Crippen LogP contribution in [0.5, 0.6) is 0 Å². The highest BCUT2D eigenvalue weighted by Crippen LogP contribution is 2.67. The van der Waals surface area contributed by atoms with Crippen molar-refractivity contribution in [1.29, 1.82) is 0 Å². The maximum absolute atomic E-state index is 13.9. The normalized spacial score (nSPS) is 42.1. The number of carbonyl (C=O) groups is 3. The van der Waals surface area contributed by atoms with Gasteiger partial charge in [-0.15, -0.1) is 0 Å². The molecule has 1 aromatic rings. The summed E-state index contributed by atoms with van der Waals surface area (Å²) in [6.07, 6.45) is -3.12. The molecule has 2 bridgehead atoms. The van der Waals surface area contributed by atoms with E-state index in [1.165, 1.54) is 13.8 Å². The number of aliphatic hydroxyl groups excluding tert-OH is 1. The van der Waals surface area contributed by atoms with E-state index in [1.54, 1.807) is 30.3 Å². The van der Waals surface area contributed by atoms with Gasteiger partial charge in [-0.3, -0.25) is 9.59 Å². The van der Waals surface area contributed by atoms with E-state index in [4.69, 9.17) is 18.9 Å². The molecule has 0 radical (unpaired) electrons. The van der Waals surface area contributed by atoms with E-state index in [-0.39, 0.29) is 18.9 Å². The fourth-order valence-electron chi connectivity index (χ4n) is 9.03. The first-order chi connectivity index (χ1) is 19.5. The van der Waals surface area contributed by atoms with E-state index in [9.17, 15) is 24.6 Å². The van der Waals surface area contributed by atoms with Crippen LogP contribution in [0.1, 0.15) is 78.6 Å². The molecule has 2 unspecified atom stereocenters. The maximum atomic E-state index is 13.9. The fraction of sp³-hybridized carbons (Fsp3) is 0.667. The van der Waals surface area contributed by atoms with Crippen LogP contribution >= 0.6 is 0 Å². The Labute approximate surface area is 247 Å². The first-order valence-corrected chi connectivity index (χ1v) is 14.9. The number of esters is 3. The molecular weight excluding hydrogens is 540 g/mol. The predicted octanol–water partition coefficient (Wildman–Crippen LogP) is 3.99. The average molecular weight is 585 g/mol. The Balaban J connectivity index is 1.82. The molecule has 10 atom stereocenters. The lowest BCUT2D eigenvalue weighted by molar-refractivity contribution is -0.356. The van der Waals surface area contributed by atoms with Gasteiger partial charge in [0, 0.05) is 37.0 Å². The minimum Gasteiger partial charge on any atom is -0.458 e. The van der Waals surface area contributed by atoms with Crippen LogP contribution in [0.25, 0.3) is 0 Å². The molecule has 2 saturated carbocycles. The standard InChI is InChI=1S/C33H44O9/c1-17-14-24-32(16-39-24,42-21(5)35)26-28(41-29(37)22-12-10-9-11-13-22)33(38)15-23(40-20(4)34)18(2)25(30(33,6)7)19(3)27(36)31(17,26)8/h9-13,17,19,23-24,26-28,36,38H,14-16H2,1-8H3/t17-,19+,23-,24+,26?,27-,28?,31+,32-,33+/m0/s1. The number of benzene rings is 1. The van der Waals surface area contributed by atoms with Crippen molar-refractivity contribution >= 4 is 17.9 Å². The van der Waals surface area contributed by atoms with Gasteiger partial charge in [-0.2, -0.15) is 0 Å². The quantitative estimate of drug-likeness (QED) is 0.307. The summed E-state index contributed by atoms with van der Waals surface area (Å²) < 4.78 is 24.3. The summed E-state index contributed by atoms with van der Waals surface area (Å²) in [4.78, 5) is 38.8. The van der Waals surface area contributed by atoms with E-state index < -0.39 is 76.2 Å². The SMILES string of the molecule is CC(=O)O[C@H]1C[C@@]2(O)C(OC(=O)c3ccccc3)C3[C@@](C)([C@@H](C)C[C@H]4OC[C@@]34OC(C)=O)[C@@H](O)[C@H](C)C(=C1C)C2(C)C. The van der Waals surface area contributed by atoms with E-state index in [0.717, 1.165) is 11.1 Å². The lowest BCUT2D eigenvalue weighted by Crippen LogP contribution is -2.80. The van der Waals surface area contributed by atoms with Crippen molar-refractivity contribution in [3.05, 3.63) is 47.0 Å². The number of ether oxygens (including phenoxy) is 4. The highest BCUT2D eigenvalue weighted by Gasteiger charge is 2.76. The summed E-state index contributed by atoms with van der Waals surface area (Å²) in [5, 5.41) is 25.6. The molecule has 3 fully saturated rings. The predicted molar refractivity (Wildman–Crippen MR) is 152 cm³/mol. The summed E-state index contributed by atoms with van der Waals surface area (Å²) >= 11 is 0. The van der Waals surface area contributed by atoms with Crippen LogP contribution in [0.15, 0.2) is 41.5 Å². The summed E-state index contributed by atoms with van der Waals surface area (Å²) in [5.41, 5.74) is -3.26. The number of hydrogen-bond donors (Lipinski definition) is 2. The molecule has 42 heavy (non-hydrogen) atoms. The third-order valence-corrected chi connectivity index (χ3v) is 11.3. The number of hydrogen-bond acceptors (Lipinski definition) is 9. The number of carbonyl (C=O) groups excluding carboxylic acids is 3. The number of rotatable bonds is 4. The first-order valence-electron chi connectivity index (χ1n) is 14.9. The molecule has 1 aromatic carbocycles. The van der Waals surface area contributed by atoms with Crippen LogP contribution in [0, 0.1) is 28.6 Å². The van der Waals surface area contributed by atoms with Gasteiger partial charge in [0.2, 0.25) is 0 Å². The molecule has 1 aliphatic heterocycles. The van der Waals surface area contributed by atoms with Gasteiger partial charge in [0.15, 0.2) is 5.60 Å². The lowest BCUT2D eigenvalue weighted by atomic mass is 9.42. The van der Waals surface area contributed by atoms with Gasteiger partial charge in [-0.25, -0.2) is 4.79 Å². The zero-order chi connectivity index (χ0) is 31.0. The zero-order valence-corrected chi connectivity index (χ0v) is 25.8. The topological polar surface area (TPSA) is 129 Å². The van der Waals surface area contributed by atoms with Crippen molar-refractivity contribution in [2.24, 2.45) is 28.6 Å². The summed E-state index contributed by atoms with van der Waals surface area (Å²) in [6, 6.07) is 8.51. The largest absolute Gasteiger partial charge is 0.458 e. The monoisotopic (exact) mass is 584 g/mol. The summed E-state index contributed by atoms with van der Waals surface area (Å²) in [5.74, 6) is -3.19. The highest BCUT2D eigenvalue weighted by molar-refractivity contribution is 5.89. The second-order valence-electron chi connectivity index (χ2n) is 13.7. The van der Waals surface area contributed by atoms with Crippen LogP contribution in [-0.4, -0.2) is 70.3 Å². The van der Waals surface area contributed by atoms with Crippen molar-refractivity contribution in [3.8, 4) is 0 Å². The van der Waals surface area contributed by atoms with Gasteiger partial charge in [-0.05, 0) is 37.0 Å². The fourth-order valence-corrected chi connectivity index (χ4v) is 9.03. The van der Waals surface area contributed by atoms with Gasteiger partial charge < -0.3 is 29.2 Å². The van der Waals surface area contributed by atoms with Crippen LogP contribution in [0.3, 0.4) is 0 Å². The summed E-state index contributed by atoms with van der Waals surface area (Å²) in [7, 11) is 0. The van der Waals surface area contributed by atoms with E-state index in [1.807, 2.05) is 41.5 Å². The van der Waals surface area contributed by atoms with Crippen molar-refractivity contribution in [3.63, 3.8) is 0 Å². The molecule has 0 aromatic heterocycles. The van der Waals surface area contributed by atoms with Crippen LogP contribution in [0.4, 0.5) is 0 Å². The molecular formula is C33H44O9. The molecule has 2 N–H and O–H groups in total. The second kappa shape index (κ2) is 10.2. The van der Waals surface area contributed by atoms with Gasteiger partial charge in [0.05, 0.1) is 24.2 Å². The zero-order valence-electron chi connectivity index (χ0n) is 25.8. The average Bonchev–Trinajstić information content (AvgIpc) is 2.90. The summed E-state index contributed by atoms with van der Waals surface area (Å²) in [6.45, 7) is 14.2. The van der Waals surface area contributed by atoms with E-state index >= 15 is 0 Å². The minimum absolute atomic E-state index is 0.0380. The van der Waals surface area contributed by atoms with Crippen molar-refractivity contribution in [2.45, 2.75) is 104 Å². The molecule has 230 valence electrons. The minimum atomic E-state index is -1.79. The molecule has 1 saturated heterocycles. The van der Waals surface area contributed by atoms with Crippen LogP contribution in [0.2, 0.25) is 0 Å². The van der Waals surface area contributed by atoms with Crippen molar-refractivity contribution < 1.29 is 43.5 Å². The Hall–Kier alpha value is -2.75. The van der Waals surface area contributed by atoms with Gasteiger partial charge in [0.25, 0.3) is 0 Å². The smallest absolute Gasteiger partial charge is 0.338 e. The number of fused-ring (bicyclic) bond motifs is 5. The van der Waals surface area contributed by atoms with Gasteiger partial charge in [0.1, 0.15) is 23.9 Å². The Morgan fingerprint density at radius 1 is 1.00 bits per heavy atom. The molecule has 9 heteroatoms. The van der Waals surface area contributed by atoms with E-state index in [2.05, 4.69) is 0 Å². The highest BCUT2D eigenvalue weighted by atomic mass is 16.6. The Morgan fingerprint density at radius 3 is 2.19 bits per heavy atom. The molecule has 0 spiro atoms. The molecule has 1 heterocycles. The Bertz CT molecular complexity index is 1300. The molecule has 4 aliphatic rings. The lowest BCUT2D eigenvalue weighted by Gasteiger charge is -2.69. The Morgan fingerprint density at radius 2 is 1.64 bits per heavy atom. The molecule has 5 rings (SSSR count). The van der Waals surface area contributed by atoms with Gasteiger partial charge >= 0.3 is 17.9 Å². The second-order valence-corrected chi connectivity index (χ2v) is 13.7. The van der Waals surface area contributed by atoms with E-state index in [0.29, 0.717) is 12.0 Å². The third kappa shape index (κ3) is 4.18. The molecule has 3 aliphatic carbocycles. The third-order valence-electron chi connectivity index (χ3n) is 11.3. The number of aliphatic hydroxyl groups is 2. The van der Waals surface area contributed by atoms with Crippen molar-refractivity contribution in [1.82, 2.24) is 0 Å². The van der Waals surface area contributed by atoms with Crippen LogP contribution < -0.4 is 0 Å². The Kier molecular flexibility index (Phi) is 7.43.